The number of hydrogen-bond donors (Lipinski definition) is 2. The molecule has 10 heteroatoms. The van der Waals surface area contributed by atoms with Crippen LogP contribution in [0.3, 0.4) is 0 Å². The van der Waals surface area contributed by atoms with Crippen molar-refractivity contribution in [1.29, 1.82) is 0 Å². The molecule has 0 aliphatic rings. The van der Waals surface area contributed by atoms with Crippen molar-refractivity contribution in [1.82, 2.24) is 0 Å². The number of benzene rings is 3. The first-order chi connectivity index (χ1) is 15.7. The maximum atomic E-state index is 13.1. The fourth-order valence-corrected chi connectivity index (χ4v) is 3.27. The minimum absolute atomic E-state index is 0.0642. The Hall–Kier alpha value is -4.60. The number of rotatable bonds is 7. The van der Waals surface area contributed by atoms with Gasteiger partial charge in [-0.2, -0.15) is 0 Å². The molecule has 33 heavy (non-hydrogen) atoms. The van der Waals surface area contributed by atoms with Crippen LogP contribution in [0.25, 0.3) is 0 Å². The SMILES string of the molecule is Cc1ccc(NC(=O)C(C(=O)Nc2ccc(C)cc2[N+](=O)[O-])c2ccccc2)c([N+](=O)[O-])c1. The van der Waals surface area contributed by atoms with Crippen molar-refractivity contribution in [2.45, 2.75) is 19.8 Å². The summed E-state index contributed by atoms with van der Waals surface area (Å²) in [6, 6.07) is 16.6. The molecular formula is C23H20N4O6. The predicted octanol–water partition coefficient (Wildman–Crippen LogP) is 4.48. The normalized spacial score (nSPS) is 10.5. The minimum Gasteiger partial charge on any atom is -0.319 e. The van der Waals surface area contributed by atoms with Crippen LogP contribution in [0.15, 0.2) is 66.7 Å². The molecule has 0 spiro atoms. The summed E-state index contributed by atoms with van der Waals surface area (Å²) < 4.78 is 0. The monoisotopic (exact) mass is 448 g/mol. The van der Waals surface area contributed by atoms with Gasteiger partial charge in [0.15, 0.2) is 0 Å². The van der Waals surface area contributed by atoms with E-state index >= 15 is 0 Å². The largest absolute Gasteiger partial charge is 0.319 e. The molecular weight excluding hydrogens is 428 g/mol. The number of hydrogen-bond acceptors (Lipinski definition) is 6. The molecule has 0 aliphatic carbocycles. The highest BCUT2D eigenvalue weighted by Crippen LogP contribution is 2.30. The van der Waals surface area contributed by atoms with Crippen molar-refractivity contribution in [3.63, 3.8) is 0 Å². The van der Waals surface area contributed by atoms with E-state index in [1.54, 1.807) is 56.3 Å². The van der Waals surface area contributed by atoms with Crippen molar-refractivity contribution in [2.75, 3.05) is 10.6 Å². The predicted molar refractivity (Wildman–Crippen MR) is 122 cm³/mol. The van der Waals surface area contributed by atoms with Crippen LogP contribution in [0.2, 0.25) is 0 Å². The number of carbonyl (C=O) groups excluding carboxylic acids is 2. The van der Waals surface area contributed by atoms with Crippen LogP contribution < -0.4 is 10.6 Å². The molecule has 168 valence electrons. The van der Waals surface area contributed by atoms with Gasteiger partial charge in [-0.15, -0.1) is 0 Å². The van der Waals surface area contributed by atoms with Gasteiger partial charge in [-0.05, 0) is 42.7 Å². The first-order valence-corrected chi connectivity index (χ1v) is 9.84. The highest BCUT2D eigenvalue weighted by molar-refractivity contribution is 6.15. The lowest BCUT2D eigenvalue weighted by atomic mass is 9.96. The molecule has 2 N–H and O–H groups in total. The third kappa shape index (κ3) is 5.37. The average Bonchev–Trinajstić information content (AvgIpc) is 2.76. The van der Waals surface area contributed by atoms with Crippen molar-refractivity contribution in [2.24, 2.45) is 0 Å². The molecule has 0 fully saturated rings. The van der Waals surface area contributed by atoms with Gasteiger partial charge in [-0.1, -0.05) is 42.5 Å². The van der Waals surface area contributed by atoms with Gasteiger partial charge < -0.3 is 10.6 Å². The standard InChI is InChI=1S/C23H20N4O6/c1-14-8-10-17(19(12-14)26(30)31)24-22(28)21(16-6-4-3-5-7-16)23(29)25-18-11-9-15(2)13-20(18)27(32)33/h3-13,21H,1-2H3,(H,24,28)(H,25,29). The summed E-state index contributed by atoms with van der Waals surface area (Å²) in [4.78, 5) is 47.9. The Morgan fingerprint density at radius 3 is 1.55 bits per heavy atom. The molecule has 0 heterocycles. The second kappa shape index (κ2) is 9.69. The summed E-state index contributed by atoms with van der Waals surface area (Å²) in [6.45, 7) is 3.35. The zero-order valence-electron chi connectivity index (χ0n) is 17.8. The maximum Gasteiger partial charge on any atom is 0.293 e. The molecule has 0 unspecified atom stereocenters. The fraction of sp³-hybridized carbons (Fsp3) is 0.130. The van der Waals surface area contributed by atoms with Crippen LogP contribution in [0, 0.1) is 34.1 Å². The molecule has 0 radical (unpaired) electrons. The van der Waals surface area contributed by atoms with Gasteiger partial charge in [0.05, 0.1) is 9.85 Å². The van der Waals surface area contributed by atoms with Crippen LogP contribution >= 0.6 is 0 Å². The second-order valence-corrected chi connectivity index (χ2v) is 7.38. The van der Waals surface area contributed by atoms with Gasteiger partial charge in [-0.25, -0.2) is 0 Å². The molecule has 3 aromatic rings. The van der Waals surface area contributed by atoms with Gasteiger partial charge in [-0.3, -0.25) is 29.8 Å². The van der Waals surface area contributed by atoms with E-state index in [4.69, 9.17) is 0 Å². The van der Waals surface area contributed by atoms with Crippen LogP contribution in [-0.4, -0.2) is 21.7 Å². The van der Waals surface area contributed by atoms with Gasteiger partial charge in [0.25, 0.3) is 11.4 Å². The van der Waals surface area contributed by atoms with Gasteiger partial charge in [0, 0.05) is 12.1 Å². The summed E-state index contributed by atoms with van der Waals surface area (Å²) in [7, 11) is 0. The lowest BCUT2D eigenvalue weighted by molar-refractivity contribution is -0.384. The number of nitro benzene ring substituents is 2. The number of nitrogens with one attached hydrogen (secondary N) is 2. The van der Waals surface area contributed by atoms with Crippen molar-refractivity contribution in [3.05, 3.63) is 104 Å². The second-order valence-electron chi connectivity index (χ2n) is 7.38. The Morgan fingerprint density at radius 1 is 0.727 bits per heavy atom. The Kier molecular flexibility index (Phi) is 6.77. The summed E-state index contributed by atoms with van der Waals surface area (Å²) >= 11 is 0. The van der Waals surface area contributed by atoms with Crippen LogP contribution in [0.5, 0.6) is 0 Å². The molecule has 0 saturated heterocycles. The highest BCUT2D eigenvalue weighted by Gasteiger charge is 2.31. The number of anilines is 2. The number of aryl methyl sites for hydroxylation is 2. The molecule has 3 rings (SSSR count). The average molecular weight is 448 g/mol. The van der Waals surface area contributed by atoms with E-state index in [9.17, 15) is 29.8 Å². The number of nitro groups is 2. The first-order valence-electron chi connectivity index (χ1n) is 9.84. The van der Waals surface area contributed by atoms with Crippen molar-refractivity contribution < 1.29 is 19.4 Å². The number of carbonyl (C=O) groups is 2. The smallest absolute Gasteiger partial charge is 0.293 e. The topological polar surface area (TPSA) is 144 Å². The van der Waals surface area contributed by atoms with E-state index in [2.05, 4.69) is 10.6 Å². The zero-order chi connectivity index (χ0) is 24.1. The molecule has 0 bridgehead atoms. The summed E-state index contributed by atoms with van der Waals surface area (Å²) in [5.41, 5.74) is 0.815. The third-order valence-electron chi connectivity index (χ3n) is 4.87. The zero-order valence-corrected chi connectivity index (χ0v) is 17.8. The van der Waals surface area contributed by atoms with Gasteiger partial charge in [0.2, 0.25) is 11.8 Å². The van der Waals surface area contributed by atoms with Crippen molar-refractivity contribution in [3.8, 4) is 0 Å². The summed E-state index contributed by atoms with van der Waals surface area (Å²) in [6.07, 6.45) is 0. The van der Waals surface area contributed by atoms with Crippen LogP contribution in [0.1, 0.15) is 22.6 Å². The number of amides is 2. The Morgan fingerprint density at radius 2 is 1.15 bits per heavy atom. The highest BCUT2D eigenvalue weighted by atomic mass is 16.6. The van der Waals surface area contributed by atoms with E-state index in [1.807, 2.05) is 0 Å². The van der Waals surface area contributed by atoms with Crippen LogP contribution in [0.4, 0.5) is 22.7 Å². The Balaban J connectivity index is 1.97. The van der Waals surface area contributed by atoms with Crippen molar-refractivity contribution >= 4 is 34.6 Å². The maximum absolute atomic E-state index is 13.1. The fourth-order valence-electron chi connectivity index (χ4n) is 3.27. The van der Waals surface area contributed by atoms with Gasteiger partial charge >= 0.3 is 0 Å². The summed E-state index contributed by atoms with van der Waals surface area (Å²) in [5, 5.41) is 27.7. The van der Waals surface area contributed by atoms with E-state index in [1.165, 1.54) is 24.3 Å². The molecule has 0 atom stereocenters. The third-order valence-corrected chi connectivity index (χ3v) is 4.87. The van der Waals surface area contributed by atoms with Crippen LogP contribution in [-0.2, 0) is 9.59 Å². The molecule has 0 saturated carbocycles. The minimum atomic E-state index is -1.42. The Labute approximate surface area is 188 Å². The Bertz CT molecular complexity index is 1170. The summed E-state index contributed by atoms with van der Waals surface area (Å²) in [5.74, 6) is -3.06. The molecule has 3 aromatic carbocycles. The number of nitrogens with zero attached hydrogens (tertiary/aromatic N) is 2. The van der Waals surface area contributed by atoms with E-state index < -0.39 is 27.6 Å². The lowest BCUT2D eigenvalue weighted by Gasteiger charge is -2.17. The molecule has 2 amide bonds. The molecule has 0 aliphatic heterocycles. The first kappa shape index (κ1) is 23.1. The van der Waals surface area contributed by atoms with E-state index in [0.29, 0.717) is 16.7 Å². The van der Waals surface area contributed by atoms with E-state index in [-0.39, 0.29) is 22.7 Å². The quantitative estimate of drug-likeness (QED) is 0.310. The molecule has 10 nitrogen and oxygen atoms in total. The lowest BCUT2D eigenvalue weighted by Crippen LogP contribution is -2.32. The van der Waals surface area contributed by atoms with Gasteiger partial charge in [0.1, 0.15) is 17.3 Å². The van der Waals surface area contributed by atoms with E-state index in [0.717, 1.165) is 0 Å². The molecule has 0 aromatic heterocycles.